The van der Waals surface area contributed by atoms with Crippen molar-refractivity contribution >= 4 is 38.5 Å². The van der Waals surface area contributed by atoms with E-state index in [1.807, 2.05) is 30.5 Å². The van der Waals surface area contributed by atoms with E-state index in [4.69, 9.17) is 0 Å². The first-order valence-electron chi connectivity index (χ1n) is 8.33. The zero-order valence-electron chi connectivity index (χ0n) is 13.8. The van der Waals surface area contributed by atoms with E-state index in [9.17, 15) is 4.79 Å². The molecule has 0 amide bonds. The molecular formula is C22H16N2O. The van der Waals surface area contributed by atoms with Crippen LogP contribution in [0.15, 0.2) is 66.9 Å². The highest BCUT2D eigenvalue weighted by Crippen LogP contribution is 2.33. The number of hydrogen-bond acceptors (Lipinski definition) is 1. The lowest BCUT2D eigenvalue weighted by Gasteiger charge is -2.03. The van der Waals surface area contributed by atoms with E-state index in [1.165, 1.54) is 16.2 Å². The lowest BCUT2D eigenvalue weighted by atomic mass is 10.0. The maximum atomic E-state index is 11.5. The Kier molecular flexibility index (Phi) is 2.86. The standard InChI is InChI=1S/C22H16N2O/c1-13(25)14-2-4-15(5-3-14)17-7-9-20-19(12-17)18-8-6-16-10-11-23-21(16)22(18)24-20/h2-12,23-24H,1H3. The molecule has 3 heteroatoms. The van der Waals surface area contributed by atoms with Gasteiger partial charge >= 0.3 is 0 Å². The van der Waals surface area contributed by atoms with Crippen LogP contribution >= 0.6 is 0 Å². The van der Waals surface area contributed by atoms with E-state index < -0.39 is 0 Å². The molecular weight excluding hydrogens is 308 g/mol. The van der Waals surface area contributed by atoms with Crippen LogP contribution in [0.3, 0.4) is 0 Å². The lowest BCUT2D eigenvalue weighted by molar-refractivity contribution is 0.101. The van der Waals surface area contributed by atoms with Gasteiger partial charge in [-0.3, -0.25) is 4.79 Å². The fourth-order valence-corrected chi connectivity index (χ4v) is 3.57. The Morgan fingerprint density at radius 3 is 2.40 bits per heavy atom. The van der Waals surface area contributed by atoms with Gasteiger partial charge in [-0.2, -0.15) is 0 Å². The fourth-order valence-electron chi connectivity index (χ4n) is 3.57. The van der Waals surface area contributed by atoms with Gasteiger partial charge in [0.05, 0.1) is 11.0 Å². The summed E-state index contributed by atoms with van der Waals surface area (Å²) in [5, 5.41) is 3.63. The van der Waals surface area contributed by atoms with Crippen LogP contribution in [0, 0.1) is 0 Å². The van der Waals surface area contributed by atoms with Crippen LogP contribution in [0.2, 0.25) is 0 Å². The first-order valence-corrected chi connectivity index (χ1v) is 8.33. The van der Waals surface area contributed by atoms with Crippen LogP contribution in [-0.4, -0.2) is 15.8 Å². The number of hydrogen-bond donors (Lipinski definition) is 2. The first kappa shape index (κ1) is 14.1. The summed E-state index contributed by atoms with van der Waals surface area (Å²) in [5.41, 5.74) is 6.41. The summed E-state index contributed by atoms with van der Waals surface area (Å²) >= 11 is 0. The second-order valence-electron chi connectivity index (χ2n) is 6.45. The Morgan fingerprint density at radius 1 is 0.800 bits per heavy atom. The SMILES string of the molecule is CC(=O)c1ccc(-c2ccc3[nH]c4c(ccc5cc[nH]c54)c3c2)cc1. The van der Waals surface area contributed by atoms with Gasteiger partial charge in [0.25, 0.3) is 0 Å². The summed E-state index contributed by atoms with van der Waals surface area (Å²) in [4.78, 5) is 18.3. The molecule has 0 atom stereocenters. The highest BCUT2D eigenvalue weighted by Gasteiger charge is 2.10. The fraction of sp³-hybridized carbons (Fsp3) is 0.0455. The Hall–Kier alpha value is -3.33. The van der Waals surface area contributed by atoms with Crippen molar-refractivity contribution in [1.82, 2.24) is 9.97 Å². The van der Waals surface area contributed by atoms with Crippen molar-refractivity contribution < 1.29 is 4.79 Å². The summed E-state index contributed by atoms with van der Waals surface area (Å²) in [6, 6.07) is 20.7. The van der Waals surface area contributed by atoms with Crippen molar-refractivity contribution in [3.8, 4) is 11.1 Å². The predicted octanol–water partition coefficient (Wildman–Crippen LogP) is 5.67. The summed E-state index contributed by atoms with van der Waals surface area (Å²) in [7, 11) is 0. The summed E-state index contributed by atoms with van der Waals surface area (Å²) in [5.74, 6) is 0.0913. The largest absolute Gasteiger partial charge is 0.359 e. The minimum Gasteiger partial charge on any atom is -0.359 e. The van der Waals surface area contributed by atoms with Gasteiger partial charge in [-0.1, -0.05) is 42.5 Å². The molecule has 2 heterocycles. The van der Waals surface area contributed by atoms with Crippen LogP contribution < -0.4 is 0 Å². The van der Waals surface area contributed by atoms with E-state index in [0.717, 1.165) is 33.2 Å². The average Bonchev–Trinajstić information content (AvgIpc) is 3.25. The van der Waals surface area contributed by atoms with Gasteiger partial charge in [0, 0.05) is 33.4 Å². The molecule has 0 saturated heterocycles. The van der Waals surface area contributed by atoms with Gasteiger partial charge in [0.2, 0.25) is 0 Å². The Bertz CT molecular complexity index is 1260. The van der Waals surface area contributed by atoms with Gasteiger partial charge in [0.1, 0.15) is 0 Å². The molecule has 0 unspecified atom stereocenters. The predicted molar refractivity (Wildman–Crippen MR) is 103 cm³/mol. The van der Waals surface area contributed by atoms with Crippen molar-refractivity contribution in [3.63, 3.8) is 0 Å². The molecule has 3 aromatic carbocycles. The number of carbonyl (C=O) groups is 1. The smallest absolute Gasteiger partial charge is 0.159 e. The molecule has 25 heavy (non-hydrogen) atoms. The molecule has 0 aliphatic carbocycles. The molecule has 0 aliphatic heterocycles. The van der Waals surface area contributed by atoms with Crippen LogP contribution in [-0.2, 0) is 0 Å². The maximum absolute atomic E-state index is 11.5. The second-order valence-corrected chi connectivity index (χ2v) is 6.45. The highest BCUT2D eigenvalue weighted by molar-refractivity contribution is 6.16. The van der Waals surface area contributed by atoms with Gasteiger partial charge in [0.15, 0.2) is 5.78 Å². The monoisotopic (exact) mass is 324 g/mol. The Morgan fingerprint density at radius 2 is 1.60 bits per heavy atom. The molecule has 0 fully saturated rings. The minimum absolute atomic E-state index is 0.0913. The van der Waals surface area contributed by atoms with Gasteiger partial charge in [-0.05, 0) is 36.2 Å². The van der Waals surface area contributed by atoms with Crippen molar-refractivity contribution in [3.05, 3.63) is 72.4 Å². The zero-order chi connectivity index (χ0) is 17.0. The third-order valence-corrected chi connectivity index (χ3v) is 4.92. The Labute approximate surface area is 144 Å². The van der Waals surface area contributed by atoms with E-state index in [1.54, 1.807) is 6.92 Å². The molecule has 0 bridgehead atoms. The first-order chi connectivity index (χ1) is 12.2. The number of Topliss-reactive ketones (excluding diaryl/α,β-unsaturated/α-hetero) is 1. The zero-order valence-corrected chi connectivity index (χ0v) is 13.8. The van der Waals surface area contributed by atoms with Crippen LogP contribution in [0.25, 0.3) is 43.8 Å². The van der Waals surface area contributed by atoms with Gasteiger partial charge in [-0.15, -0.1) is 0 Å². The number of fused-ring (bicyclic) bond motifs is 5. The van der Waals surface area contributed by atoms with Crippen LogP contribution in [0.4, 0.5) is 0 Å². The van der Waals surface area contributed by atoms with E-state index in [-0.39, 0.29) is 5.78 Å². The van der Waals surface area contributed by atoms with E-state index in [2.05, 4.69) is 46.4 Å². The quantitative estimate of drug-likeness (QED) is 0.404. The maximum Gasteiger partial charge on any atom is 0.159 e. The highest BCUT2D eigenvalue weighted by atomic mass is 16.1. The molecule has 5 aromatic rings. The van der Waals surface area contributed by atoms with Crippen LogP contribution in [0.1, 0.15) is 17.3 Å². The molecule has 3 nitrogen and oxygen atoms in total. The molecule has 120 valence electrons. The number of H-pyrrole nitrogens is 2. The number of benzene rings is 3. The normalized spacial score (nSPS) is 11.6. The third-order valence-electron chi connectivity index (χ3n) is 4.92. The van der Waals surface area contributed by atoms with Crippen molar-refractivity contribution in [2.75, 3.05) is 0 Å². The minimum atomic E-state index is 0.0913. The molecule has 0 saturated carbocycles. The molecule has 5 rings (SSSR count). The molecule has 2 aromatic heterocycles. The number of aromatic nitrogens is 2. The summed E-state index contributed by atoms with van der Waals surface area (Å²) in [6.45, 7) is 1.59. The van der Waals surface area contributed by atoms with Crippen molar-refractivity contribution in [2.45, 2.75) is 6.92 Å². The van der Waals surface area contributed by atoms with Gasteiger partial charge in [-0.25, -0.2) is 0 Å². The van der Waals surface area contributed by atoms with E-state index in [0.29, 0.717) is 0 Å². The summed E-state index contributed by atoms with van der Waals surface area (Å²) in [6.07, 6.45) is 1.97. The number of carbonyl (C=O) groups excluding carboxylic acids is 1. The summed E-state index contributed by atoms with van der Waals surface area (Å²) < 4.78 is 0. The third kappa shape index (κ3) is 2.09. The van der Waals surface area contributed by atoms with Crippen molar-refractivity contribution in [2.24, 2.45) is 0 Å². The second kappa shape index (κ2) is 5.08. The number of ketones is 1. The number of rotatable bonds is 2. The number of aromatic amines is 2. The topological polar surface area (TPSA) is 48.6 Å². The number of nitrogens with one attached hydrogen (secondary N) is 2. The average molecular weight is 324 g/mol. The lowest BCUT2D eigenvalue weighted by Crippen LogP contribution is -1.90. The molecule has 0 aliphatic rings. The van der Waals surface area contributed by atoms with Crippen molar-refractivity contribution in [1.29, 1.82) is 0 Å². The Balaban J connectivity index is 1.72. The molecule has 2 N–H and O–H groups in total. The van der Waals surface area contributed by atoms with Gasteiger partial charge < -0.3 is 9.97 Å². The molecule has 0 spiro atoms. The molecule has 0 radical (unpaired) electrons. The van der Waals surface area contributed by atoms with E-state index >= 15 is 0 Å². The van der Waals surface area contributed by atoms with Crippen LogP contribution in [0.5, 0.6) is 0 Å².